The number of hydrogen-bond acceptors (Lipinski definition) is 7. The number of pyridine rings is 3. The highest BCUT2D eigenvalue weighted by molar-refractivity contribution is 6.04. The second-order valence-corrected chi connectivity index (χ2v) is 7.81. The molecule has 0 radical (unpaired) electrons. The predicted molar refractivity (Wildman–Crippen MR) is 122 cm³/mol. The number of aromatic nitrogens is 7. The summed E-state index contributed by atoms with van der Waals surface area (Å²) < 4.78 is 0. The zero-order chi connectivity index (χ0) is 23.1. The van der Waals surface area contributed by atoms with Gasteiger partial charge in [0.1, 0.15) is 5.69 Å². The van der Waals surface area contributed by atoms with Crippen LogP contribution >= 0.6 is 0 Å². The minimum Gasteiger partial charge on any atom is -0.366 e. The van der Waals surface area contributed by atoms with E-state index in [9.17, 15) is 9.59 Å². The number of carbonyl (C=O) groups is 2. The smallest absolute Gasteiger partial charge is 0.251 e. The first-order chi connectivity index (χ1) is 15.9. The average Bonchev–Trinajstić information content (AvgIpc) is 3.42. The van der Waals surface area contributed by atoms with E-state index in [1.165, 1.54) is 12.3 Å². The highest BCUT2D eigenvalue weighted by Crippen LogP contribution is 2.30. The first-order valence-electron chi connectivity index (χ1n) is 10.2. The Morgan fingerprint density at radius 3 is 2.67 bits per heavy atom. The van der Waals surface area contributed by atoms with Crippen LogP contribution in [0.1, 0.15) is 24.2 Å². The zero-order valence-electron chi connectivity index (χ0n) is 17.7. The van der Waals surface area contributed by atoms with Crippen LogP contribution in [0.2, 0.25) is 0 Å². The predicted octanol–water partition coefficient (Wildman–Crippen LogP) is 2.65. The SMILES string of the molecule is CC(C)C(=O)Nc1cncc(-c2cnc3n[nH]c(-c4nc5nccc(C(N)=O)c5[nH]4)c3c2)c1. The molecule has 0 spiro atoms. The number of nitrogens with two attached hydrogens (primary N) is 1. The van der Waals surface area contributed by atoms with Gasteiger partial charge in [0.25, 0.3) is 5.91 Å². The number of rotatable bonds is 5. The standard InChI is InChI=1S/C22H19N9O2/c1-10(2)22(33)27-13-5-11(7-24-9-13)12-6-15-17(30-31-19(15)26-8-12)21-28-16-14(18(23)32)3-4-25-20(16)29-21/h3-10H,1-2H3,(H2,23,32)(H,27,33)(H,25,28,29)(H,26,30,31). The first kappa shape index (κ1) is 20.2. The van der Waals surface area contributed by atoms with E-state index in [0.717, 1.165) is 11.1 Å². The molecule has 5 aromatic heterocycles. The van der Waals surface area contributed by atoms with E-state index in [4.69, 9.17) is 5.73 Å². The molecule has 5 rings (SSSR count). The third-order valence-electron chi connectivity index (χ3n) is 5.17. The molecule has 0 saturated heterocycles. The lowest BCUT2D eigenvalue weighted by Gasteiger charge is -2.09. The fourth-order valence-corrected chi connectivity index (χ4v) is 3.43. The second kappa shape index (κ2) is 7.79. The van der Waals surface area contributed by atoms with E-state index in [0.29, 0.717) is 45.0 Å². The molecule has 0 atom stereocenters. The Hall–Kier alpha value is -4.67. The monoisotopic (exact) mass is 441 g/mol. The third-order valence-corrected chi connectivity index (χ3v) is 5.17. The molecular formula is C22H19N9O2. The Morgan fingerprint density at radius 1 is 1.06 bits per heavy atom. The molecule has 164 valence electrons. The molecule has 0 aromatic carbocycles. The number of primary amides is 1. The number of H-pyrrole nitrogens is 2. The minimum absolute atomic E-state index is 0.0894. The Balaban J connectivity index is 1.57. The molecule has 0 aliphatic carbocycles. The molecule has 0 unspecified atom stereocenters. The highest BCUT2D eigenvalue weighted by atomic mass is 16.2. The van der Waals surface area contributed by atoms with E-state index in [1.54, 1.807) is 18.6 Å². The van der Waals surface area contributed by atoms with Crippen LogP contribution in [-0.4, -0.2) is 46.9 Å². The van der Waals surface area contributed by atoms with Gasteiger partial charge in [0.15, 0.2) is 17.1 Å². The van der Waals surface area contributed by atoms with Gasteiger partial charge in [-0.1, -0.05) is 13.8 Å². The van der Waals surface area contributed by atoms with Gasteiger partial charge in [0.05, 0.1) is 28.4 Å². The number of anilines is 1. The molecule has 0 bridgehead atoms. The fraction of sp³-hybridized carbons (Fsp3) is 0.136. The van der Waals surface area contributed by atoms with Crippen molar-refractivity contribution in [2.24, 2.45) is 11.7 Å². The number of aromatic amines is 2. The van der Waals surface area contributed by atoms with Crippen LogP contribution in [0.15, 0.2) is 43.0 Å². The fourth-order valence-electron chi connectivity index (χ4n) is 3.43. The molecule has 0 saturated carbocycles. The van der Waals surface area contributed by atoms with Crippen molar-refractivity contribution in [3.05, 3.63) is 48.5 Å². The summed E-state index contributed by atoms with van der Waals surface area (Å²) in [4.78, 5) is 44.2. The van der Waals surface area contributed by atoms with Gasteiger partial charge in [0, 0.05) is 35.6 Å². The van der Waals surface area contributed by atoms with Crippen LogP contribution in [0.3, 0.4) is 0 Å². The van der Waals surface area contributed by atoms with Gasteiger partial charge >= 0.3 is 0 Å². The molecule has 5 heterocycles. The molecule has 0 fully saturated rings. The normalized spacial score (nSPS) is 11.4. The van der Waals surface area contributed by atoms with E-state index >= 15 is 0 Å². The number of carbonyl (C=O) groups excluding carboxylic acids is 2. The van der Waals surface area contributed by atoms with Crippen molar-refractivity contribution in [3.63, 3.8) is 0 Å². The topological polar surface area (TPSA) is 168 Å². The van der Waals surface area contributed by atoms with E-state index < -0.39 is 5.91 Å². The second-order valence-electron chi connectivity index (χ2n) is 7.81. The van der Waals surface area contributed by atoms with E-state index in [1.807, 2.05) is 26.0 Å². The summed E-state index contributed by atoms with van der Waals surface area (Å²) in [7, 11) is 0. The Bertz CT molecular complexity index is 1530. The van der Waals surface area contributed by atoms with Crippen LogP contribution in [0.4, 0.5) is 5.69 Å². The number of hydrogen-bond donors (Lipinski definition) is 4. The first-order valence-corrected chi connectivity index (χ1v) is 10.2. The summed E-state index contributed by atoms with van der Waals surface area (Å²) in [6, 6.07) is 5.28. The van der Waals surface area contributed by atoms with Crippen molar-refractivity contribution in [1.29, 1.82) is 0 Å². The number of nitrogens with one attached hydrogen (secondary N) is 3. The number of imidazole rings is 1. The van der Waals surface area contributed by atoms with E-state index in [2.05, 4.69) is 40.4 Å². The van der Waals surface area contributed by atoms with Gasteiger partial charge in [-0.3, -0.25) is 19.7 Å². The maximum atomic E-state index is 12.0. The highest BCUT2D eigenvalue weighted by Gasteiger charge is 2.17. The molecule has 0 aliphatic heterocycles. The minimum atomic E-state index is -0.576. The van der Waals surface area contributed by atoms with Crippen LogP contribution in [0.25, 0.3) is 44.8 Å². The molecule has 2 amide bonds. The van der Waals surface area contributed by atoms with Gasteiger partial charge in [-0.25, -0.2) is 15.0 Å². The summed E-state index contributed by atoms with van der Waals surface area (Å²) in [5, 5.41) is 10.8. The van der Waals surface area contributed by atoms with Crippen LogP contribution < -0.4 is 11.1 Å². The van der Waals surface area contributed by atoms with Crippen LogP contribution in [0.5, 0.6) is 0 Å². The molecular weight excluding hydrogens is 422 g/mol. The lowest BCUT2D eigenvalue weighted by molar-refractivity contribution is -0.118. The van der Waals surface area contributed by atoms with Crippen LogP contribution in [-0.2, 0) is 4.79 Å². The number of nitrogens with zero attached hydrogens (tertiary/aromatic N) is 5. The Labute approximate surface area is 186 Å². The summed E-state index contributed by atoms with van der Waals surface area (Å²) >= 11 is 0. The van der Waals surface area contributed by atoms with Crippen LogP contribution in [0, 0.1) is 5.92 Å². The number of amides is 2. The maximum absolute atomic E-state index is 12.0. The van der Waals surface area contributed by atoms with Crippen molar-refractivity contribution in [2.45, 2.75) is 13.8 Å². The van der Waals surface area contributed by atoms with Gasteiger partial charge in [-0.2, -0.15) is 5.10 Å². The van der Waals surface area contributed by atoms with Crippen molar-refractivity contribution in [3.8, 4) is 22.6 Å². The van der Waals surface area contributed by atoms with Crippen molar-refractivity contribution >= 4 is 39.7 Å². The van der Waals surface area contributed by atoms with Crippen molar-refractivity contribution < 1.29 is 9.59 Å². The molecule has 11 heteroatoms. The van der Waals surface area contributed by atoms with Crippen molar-refractivity contribution in [1.82, 2.24) is 35.1 Å². The summed E-state index contributed by atoms with van der Waals surface area (Å²) in [6.45, 7) is 3.65. The van der Waals surface area contributed by atoms with Crippen molar-refractivity contribution in [2.75, 3.05) is 5.32 Å². The molecule has 0 aliphatic rings. The van der Waals surface area contributed by atoms with Gasteiger partial charge in [-0.05, 0) is 18.2 Å². The third kappa shape index (κ3) is 3.65. The largest absolute Gasteiger partial charge is 0.366 e. The quantitative estimate of drug-likeness (QED) is 0.325. The molecule has 33 heavy (non-hydrogen) atoms. The van der Waals surface area contributed by atoms with Gasteiger partial charge < -0.3 is 16.0 Å². The Morgan fingerprint density at radius 2 is 1.88 bits per heavy atom. The molecule has 5 N–H and O–H groups in total. The van der Waals surface area contributed by atoms with Gasteiger partial charge in [-0.15, -0.1) is 0 Å². The lowest BCUT2D eigenvalue weighted by Crippen LogP contribution is -2.17. The lowest BCUT2D eigenvalue weighted by atomic mass is 10.1. The summed E-state index contributed by atoms with van der Waals surface area (Å²) in [5.74, 6) is -0.362. The Kier molecular flexibility index (Phi) is 4.78. The zero-order valence-corrected chi connectivity index (χ0v) is 17.7. The number of fused-ring (bicyclic) bond motifs is 2. The average molecular weight is 441 g/mol. The van der Waals surface area contributed by atoms with Gasteiger partial charge in [0.2, 0.25) is 5.91 Å². The van der Waals surface area contributed by atoms with E-state index in [-0.39, 0.29) is 11.8 Å². The molecule has 11 nitrogen and oxygen atoms in total. The summed E-state index contributed by atoms with van der Waals surface area (Å²) in [5.41, 5.74) is 9.82. The maximum Gasteiger partial charge on any atom is 0.251 e. The molecule has 5 aromatic rings. The summed E-state index contributed by atoms with van der Waals surface area (Å²) in [6.07, 6.45) is 6.45.